The van der Waals surface area contributed by atoms with Crippen molar-refractivity contribution < 1.29 is 19.0 Å². The summed E-state index contributed by atoms with van der Waals surface area (Å²) >= 11 is 1.60. The lowest BCUT2D eigenvalue weighted by molar-refractivity contribution is -0.199. The molecule has 0 radical (unpaired) electrons. The van der Waals surface area contributed by atoms with Gasteiger partial charge < -0.3 is 14.2 Å². The summed E-state index contributed by atoms with van der Waals surface area (Å²) in [6.45, 7) is 13.4. The van der Waals surface area contributed by atoms with Crippen molar-refractivity contribution in [2.45, 2.75) is 97.4 Å². The fourth-order valence-corrected chi connectivity index (χ4v) is 4.00. The highest BCUT2D eigenvalue weighted by molar-refractivity contribution is 7.99. The lowest BCUT2D eigenvalue weighted by Gasteiger charge is -2.33. The molecule has 1 fully saturated rings. The molecule has 148 valence electrons. The van der Waals surface area contributed by atoms with Gasteiger partial charge in [0.15, 0.2) is 6.29 Å². The van der Waals surface area contributed by atoms with Crippen molar-refractivity contribution in [3.63, 3.8) is 0 Å². The molecule has 4 nitrogen and oxygen atoms in total. The summed E-state index contributed by atoms with van der Waals surface area (Å²) in [5.41, 5.74) is 0.128. The highest BCUT2D eigenvalue weighted by Crippen LogP contribution is 2.30. The quantitative estimate of drug-likeness (QED) is 0.418. The first kappa shape index (κ1) is 22.8. The maximum Gasteiger partial charge on any atom is 0.319 e. The largest absolute Gasteiger partial charge is 0.462 e. The van der Waals surface area contributed by atoms with Crippen LogP contribution in [-0.2, 0) is 19.0 Å². The van der Waals surface area contributed by atoms with E-state index in [-0.39, 0.29) is 35.1 Å². The minimum atomic E-state index is -0.137. The predicted octanol–water partition coefficient (Wildman–Crippen LogP) is 5.04. The third kappa shape index (κ3) is 8.78. The molecule has 0 amide bonds. The lowest BCUT2D eigenvalue weighted by Crippen LogP contribution is -2.35. The topological polar surface area (TPSA) is 44.8 Å². The number of carbonyl (C=O) groups excluding carboxylic acids is 1. The van der Waals surface area contributed by atoms with Gasteiger partial charge in [-0.3, -0.25) is 4.79 Å². The van der Waals surface area contributed by atoms with Gasteiger partial charge in [0.05, 0.1) is 6.10 Å². The summed E-state index contributed by atoms with van der Waals surface area (Å²) in [4.78, 5) is 12.5. The molecular weight excluding hydrogens is 336 g/mol. The summed E-state index contributed by atoms with van der Waals surface area (Å²) in [5.74, 6) is 0.288. The number of carbonyl (C=O) groups is 1. The van der Waals surface area contributed by atoms with Crippen LogP contribution in [0, 0.1) is 11.3 Å². The van der Waals surface area contributed by atoms with Crippen LogP contribution in [0.1, 0.15) is 73.6 Å². The van der Waals surface area contributed by atoms with Gasteiger partial charge in [0, 0.05) is 12.5 Å². The molecule has 0 heterocycles. The molecular formula is C20H38O4S. The molecule has 0 aromatic rings. The molecule has 0 bridgehead atoms. The van der Waals surface area contributed by atoms with E-state index in [4.69, 9.17) is 14.2 Å². The second kappa shape index (κ2) is 10.8. The molecule has 0 aromatic carbocycles. The molecule has 5 heteroatoms. The van der Waals surface area contributed by atoms with Crippen LogP contribution in [0.4, 0.5) is 0 Å². The van der Waals surface area contributed by atoms with Crippen LogP contribution in [0.25, 0.3) is 0 Å². The molecule has 2 unspecified atom stereocenters. The summed E-state index contributed by atoms with van der Waals surface area (Å²) in [7, 11) is 0. The number of hydrogen-bond donors (Lipinski definition) is 0. The van der Waals surface area contributed by atoms with E-state index >= 15 is 0 Å². The van der Waals surface area contributed by atoms with Crippen molar-refractivity contribution >= 4 is 17.7 Å². The zero-order chi connectivity index (χ0) is 19.0. The average Bonchev–Trinajstić information content (AvgIpc) is 2.52. The Morgan fingerprint density at radius 3 is 2.12 bits per heavy atom. The molecule has 0 aromatic heterocycles. The van der Waals surface area contributed by atoms with Crippen molar-refractivity contribution in [3.8, 4) is 0 Å². The molecule has 0 N–H and O–H groups in total. The van der Waals surface area contributed by atoms with Gasteiger partial charge in [0.1, 0.15) is 11.4 Å². The molecule has 0 saturated heterocycles. The number of ether oxygens (including phenoxy) is 3. The van der Waals surface area contributed by atoms with Crippen LogP contribution in [0.5, 0.6) is 0 Å². The van der Waals surface area contributed by atoms with E-state index < -0.39 is 0 Å². The Hall–Kier alpha value is -0.260. The van der Waals surface area contributed by atoms with E-state index in [9.17, 15) is 4.79 Å². The Bertz CT molecular complexity index is 384. The van der Waals surface area contributed by atoms with Gasteiger partial charge in [0.2, 0.25) is 0 Å². The minimum Gasteiger partial charge on any atom is -0.462 e. The number of thioether (sulfide) groups is 1. The Kier molecular flexibility index (Phi) is 9.83. The highest BCUT2D eigenvalue weighted by atomic mass is 32.2. The summed E-state index contributed by atoms with van der Waals surface area (Å²) in [6.07, 6.45) is 6.55. The van der Waals surface area contributed by atoms with Crippen LogP contribution in [0.15, 0.2) is 0 Å². The summed E-state index contributed by atoms with van der Waals surface area (Å²) in [5, 5.41) is -0.0720. The van der Waals surface area contributed by atoms with E-state index in [0.29, 0.717) is 12.5 Å². The van der Waals surface area contributed by atoms with Gasteiger partial charge in [-0.15, -0.1) is 0 Å². The molecule has 1 aliphatic rings. The fraction of sp³-hybridized carbons (Fsp3) is 0.950. The lowest BCUT2D eigenvalue weighted by atomic mass is 9.90. The van der Waals surface area contributed by atoms with E-state index in [0.717, 1.165) is 32.1 Å². The van der Waals surface area contributed by atoms with Crippen LogP contribution in [0.3, 0.4) is 0 Å². The van der Waals surface area contributed by atoms with Crippen LogP contribution >= 0.6 is 11.8 Å². The zero-order valence-electron chi connectivity index (χ0n) is 17.2. The molecule has 1 saturated carbocycles. The van der Waals surface area contributed by atoms with Crippen molar-refractivity contribution in [1.82, 2.24) is 0 Å². The van der Waals surface area contributed by atoms with Crippen LogP contribution in [-0.4, -0.2) is 42.6 Å². The predicted molar refractivity (Wildman–Crippen MR) is 105 cm³/mol. The van der Waals surface area contributed by atoms with Gasteiger partial charge in [-0.2, -0.15) is 11.8 Å². The first-order valence-corrected chi connectivity index (χ1v) is 11.0. The van der Waals surface area contributed by atoms with E-state index in [2.05, 4.69) is 34.6 Å². The smallest absolute Gasteiger partial charge is 0.319 e. The average molecular weight is 375 g/mol. The highest BCUT2D eigenvalue weighted by Gasteiger charge is 2.31. The van der Waals surface area contributed by atoms with Crippen molar-refractivity contribution in [1.29, 1.82) is 0 Å². The minimum absolute atomic E-state index is 0.0339. The van der Waals surface area contributed by atoms with Crippen molar-refractivity contribution in [3.05, 3.63) is 0 Å². The van der Waals surface area contributed by atoms with Gasteiger partial charge in [-0.1, -0.05) is 34.6 Å². The maximum absolute atomic E-state index is 12.5. The monoisotopic (exact) mass is 374 g/mol. The van der Waals surface area contributed by atoms with Crippen LogP contribution < -0.4 is 0 Å². The van der Waals surface area contributed by atoms with Crippen molar-refractivity contribution in [2.75, 3.05) is 12.9 Å². The number of hydrogen-bond acceptors (Lipinski definition) is 5. The number of rotatable bonds is 9. The first-order valence-electron chi connectivity index (χ1n) is 9.66. The van der Waals surface area contributed by atoms with Crippen molar-refractivity contribution in [2.24, 2.45) is 11.3 Å². The Labute approximate surface area is 158 Å². The molecule has 0 spiro atoms. The zero-order valence-corrected chi connectivity index (χ0v) is 18.0. The summed E-state index contributed by atoms with van der Waals surface area (Å²) in [6, 6.07) is 0. The Morgan fingerprint density at radius 1 is 1.12 bits per heavy atom. The molecule has 2 atom stereocenters. The molecule has 1 aliphatic carbocycles. The van der Waals surface area contributed by atoms with E-state index in [1.54, 1.807) is 11.8 Å². The maximum atomic E-state index is 12.5. The van der Waals surface area contributed by atoms with Gasteiger partial charge >= 0.3 is 5.97 Å². The van der Waals surface area contributed by atoms with E-state index in [1.165, 1.54) is 0 Å². The van der Waals surface area contributed by atoms with Crippen LogP contribution in [0.2, 0.25) is 0 Å². The molecule has 25 heavy (non-hydrogen) atoms. The third-order valence-electron chi connectivity index (χ3n) is 4.45. The second-order valence-electron chi connectivity index (χ2n) is 8.53. The molecule has 1 rings (SSSR count). The normalized spacial score (nSPS) is 24.2. The second-order valence-corrected chi connectivity index (χ2v) is 9.57. The third-order valence-corrected chi connectivity index (χ3v) is 5.38. The standard InChI is InChI=1S/C20H38O4S/c1-8-22-19(14(2)3)24-16-11-9-15(10-12-16)23-18(21)17(25-7)13-20(4,5)6/h14-17,19H,8-13H2,1-7H3. The van der Waals surface area contributed by atoms with Gasteiger partial charge in [-0.25, -0.2) is 0 Å². The Balaban J connectivity index is 2.42. The first-order chi connectivity index (χ1) is 11.7. The number of esters is 1. The van der Waals surface area contributed by atoms with E-state index in [1.807, 2.05) is 13.2 Å². The molecule has 0 aliphatic heterocycles. The summed E-state index contributed by atoms with van der Waals surface area (Å²) < 4.78 is 17.6. The van der Waals surface area contributed by atoms with Gasteiger partial charge in [0.25, 0.3) is 0 Å². The Morgan fingerprint density at radius 2 is 1.68 bits per heavy atom. The fourth-order valence-electron chi connectivity index (χ4n) is 3.09. The van der Waals surface area contributed by atoms with Gasteiger partial charge in [-0.05, 0) is 50.7 Å². The SMILES string of the molecule is CCOC(OC1CCC(OC(=O)C(CC(C)(C)C)SC)CC1)C(C)C.